The van der Waals surface area contributed by atoms with Gasteiger partial charge in [0, 0.05) is 23.5 Å². The fourth-order valence-electron chi connectivity index (χ4n) is 2.78. The molecule has 0 saturated carbocycles. The van der Waals surface area contributed by atoms with Crippen LogP contribution in [0.5, 0.6) is 0 Å². The molecule has 0 aromatic carbocycles. The molecule has 1 aliphatic carbocycles. The second-order valence-corrected chi connectivity index (χ2v) is 7.40. The molecule has 0 aliphatic heterocycles. The molecule has 2 heterocycles. The van der Waals surface area contributed by atoms with Crippen LogP contribution in [0.1, 0.15) is 43.0 Å². The van der Waals surface area contributed by atoms with Crippen LogP contribution in [0.3, 0.4) is 0 Å². The Balaban J connectivity index is 1.61. The number of nitrogens with zero attached hydrogens (tertiary/aromatic N) is 3. The van der Waals surface area contributed by atoms with E-state index in [1.54, 1.807) is 16.0 Å². The van der Waals surface area contributed by atoms with Crippen LogP contribution in [0.25, 0.3) is 0 Å². The van der Waals surface area contributed by atoms with Crippen molar-refractivity contribution in [2.24, 2.45) is 7.05 Å². The summed E-state index contributed by atoms with van der Waals surface area (Å²) in [7, 11) is 1.85. The fourth-order valence-corrected chi connectivity index (χ4v) is 3.96. The Morgan fingerprint density at radius 1 is 1.50 bits per heavy atom. The van der Waals surface area contributed by atoms with Crippen LogP contribution in [-0.2, 0) is 25.4 Å². The second kappa shape index (κ2) is 5.72. The lowest BCUT2D eigenvalue weighted by molar-refractivity contribution is 0.251. The molecule has 118 valence electrons. The van der Waals surface area contributed by atoms with Crippen molar-refractivity contribution in [3.63, 3.8) is 0 Å². The number of hydrogen-bond acceptors (Lipinski definition) is 4. The molecule has 2 amide bonds. The van der Waals surface area contributed by atoms with Gasteiger partial charge in [-0.15, -0.1) is 11.3 Å². The van der Waals surface area contributed by atoms with Crippen LogP contribution in [0.2, 0.25) is 0 Å². The molecule has 6 nitrogen and oxygen atoms in total. The van der Waals surface area contributed by atoms with Crippen LogP contribution in [0, 0.1) is 0 Å². The number of aromatic nitrogens is 3. The Labute approximate surface area is 133 Å². The first-order chi connectivity index (χ1) is 10.4. The quantitative estimate of drug-likeness (QED) is 0.914. The van der Waals surface area contributed by atoms with E-state index in [1.807, 2.05) is 19.3 Å². The standard InChI is InChI=1S/C15H21N5OS/c1-15(2)7-4-5-11-12(15)17-14(22-11)18-13(21)16-9-10-6-8-20(3)19-10/h6,8H,4-5,7,9H2,1-3H3,(H2,16,17,18,21). The third-order valence-corrected chi connectivity index (χ3v) is 4.99. The first kappa shape index (κ1) is 15.0. The van der Waals surface area contributed by atoms with Gasteiger partial charge in [0.2, 0.25) is 0 Å². The highest BCUT2D eigenvalue weighted by Crippen LogP contribution is 2.40. The van der Waals surface area contributed by atoms with Gasteiger partial charge in [-0.1, -0.05) is 13.8 Å². The van der Waals surface area contributed by atoms with Gasteiger partial charge in [0.25, 0.3) is 0 Å². The number of carbonyl (C=O) groups is 1. The van der Waals surface area contributed by atoms with Crippen molar-refractivity contribution in [1.29, 1.82) is 0 Å². The van der Waals surface area contributed by atoms with Crippen molar-refractivity contribution in [2.45, 2.75) is 45.1 Å². The van der Waals surface area contributed by atoms with Crippen molar-refractivity contribution in [1.82, 2.24) is 20.1 Å². The van der Waals surface area contributed by atoms with Crippen LogP contribution in [-0.4, -0.2) is 20.8 Å². The first-order valence-electron chi connectivity index (χ1n) is 7.47. The molecule has 0 fully saturated rings. The summed E-state index contributed by atoms with van der Waals surface area (Å²) in [6.07, 6.45) is 5.25. The van der Waals surface area contributed by atoms with E-state index in [2.05, 4.69) is 34.6 Å². The Bertz CT molecular complexity index is 688. The molecule has 1 aliphatic rings. The van der Waals surface area contributed by atoms with Gasteiger partial charge in [0.1, 0.15) is 0 Å². The second-order valence-electron chi connectivity index (χ2n) is 6.32. The SMILES string of the molecule is Cn1ccc(CNC(=O)Nc2nc3c(s2)CCCC3(C)C)n1. The predicted octanol–water partition coefficient (Wildman–Crippen LogP) is 2.81. The normalized spacial score (nSPS) is 16.1. The van der Waals surface area contributed by atoms with E-state index in [4.69, 9.17) is 0 Å². The highest BCUT2D eigenvalue weighted by molar-refractivity contribution is 7.15. The number of fused-ring (bicyclic) bond motifs is 1. The molecule has 0 atom stereocenters. The van der Waals surface area contributed by atoms with Crippen LogP contribution in [0.4, 0.5) is 9.93 Å². The number of rotatable bonds is 3. The topological polar surface area (TPSA) is 71.8 Å². The Kier molecular flexibility index (Phi) is 3.90. The van der Waals surface area contributed by atoms with Crippen molar-refractivity contribution < 1.29 is 4.79 Å². The van der Waals surface area contributed by atoms with Gasteiger partial charge in [-0.3, -0.25) is 10.00 Å². The Morgan fingerprint density at radius 3 is 3.00 bits per heavy atom. The fraction of sp³-hybridized carbons (Fsp3) is 0.533. The maximum absolute atomic E-state index is 12.0. The number of urea groups is 1. The summed E-state index contributed by atoms with van der Waals surface area (Å²) in [4.78, 5) is 17.9. The lowest BCUT2D eigenvalue weighted by Crippen LogP contribution is -2.28. The van der Waals surface area contributed by atoms with Gasteiger partial charge in [-0.2, -0.15) is 5.10 Å². The van der Waals surface area contributed by atoms with Gasteiger partial charge in [-0.25, -0.2) is 9.78 Å². The van der Waals surface area contributed by atoms with Crippen LogP contribution >= 0.6 is 11.3 Å². The molecule has 2 N–H and O–H groups in total. The Morgan fingerprint density at radius 2 is 2.32 bits per heavy atom. The van der Waals surface area contributed by atoms with Gasteiger partial charge < -0.3 is 5.32 Å². The number of carbonyl (C=O) groups excluding carboxylic acids is 1. The Hall–Kier alpha value is -1.89. The number of anilines is 1. The minimum Gasteiger partial charge on any atom is -0.332 e. The summed E-state index contributed by atoms with van der Waals surface area (Å²) in [6, 6.07) is 1.64. The van der Waals surface area contributed by atoms with Crippen molar-refractivity contribution in [3.8, 4) is 0 Å². The predicted molar refractivity (Wildman–Crippen MR) is 87.1 cm³/mol. The number of amides is 2. The average molecular weight is 319 g/mol. The van der Waals surface area contributed by atoms with Crippen molar-refractivity contribution >= 4 is 22.5 Å². The van der Waals surface area contributed by atoms with E-state index >= 15 is 0 Å². The third kappa shape index (κ3) is 3.14. The summed E-state index contributed by atoms with van der Waals surface area (Å²) >= 11 is 1.59. The zero-order valence-corrected chi connectivity index (χ0v) is 14.0. The molecule has 0 spiro atoms. The molecule has 0 radical (unpaired) electrons. The number of aryl methyl sites for hydroxylation is 2. The smallest absolute Gasteiger partial charge is 0.321 e. The molecule has 22 heavy (non-hydrogen) atoms. The van der Waals surface area contributed by atoms with Gasteiger partial charge in [0.05, 0.1) is 17.9 Å². The highest BCUT2D eigenvalue weighted by atomic mass is 32.1. The van der Waals surface area contributed by atoms with Gasteiger partial charge in [-0.05, 0) is 25.3 Å². The molecule has 3 rings (SSSR count). The number of thiazole rings is 1. The minimum absolute atomic E-state index is 0.106. The molecule has 2 aromatic rings. The van der Waals surface area contributed by atoms with Crippen molar-refractivity contribution in [2.75, 3.05) is 5.32 Å². The lowest BCUT2D eigenvalue weighted by atomic mass is 9.79. The highest BCUT2D eigenvalue weighted by Gasteiger charge is 2.31. The summed E-state index contributed by atoms with van der Waals surface area (Å²) in [5, 5.41) is 10.5. The minimum atomic E-state index is -0.241. The molecule has 0 saturated heterocycles. The lowest BCUT2D eigenvalue weighted by Gasteiger charge is -2.27. The van der Waals surface area contributed by atoms with E-state index in [1.165, 1.54) is 11.3 Å². The summed E-state index contributed by atoms with van der Waals surface area (Å²) < 4.78 is 1.71. The monoisotopic (exact) mass is 319 g/mol. The molecule has 7 heteroatoms. The van der Waals surface area contributed by atoms with E-state index in [0.29, 0.717) is 11.7 Å². The summed E-state index contributed by atoms with van der Waals surface area (Å²) in [5.74, 6) is 0. The zero-order valence-electron chi connectivity index (χ0n) is 13.1. The summed E-state index contributed by atoms with van der Waals surface area (Å²) in [6.45, 7) is 4.84. The van der Waals surface area contributed by atoms with Crippen LogP contribution in [0.15, 0.2) is 12.3 Å². The molecular formula is C15H21N5OS. The summed E-state index contributed by atoms with van der Waals surface area (Å²) in [5.41, 5.74) is 2.08. The molecule has 0 bridgehead atoms. The van der Waals surface area contributed by atoms with Crippen molar-refractivity contribution in [3.05, 3.63) is 28.5 Å². The maximum atomic E-state index is 12.0. The van der Waals surface area contributed by atoms with E-state index < -0.39 is 0 Å². The van der Waals surface area contributed by atoms with Gasteiger partial charge >= 0.3 is 6.03 Å². The van der Waals surface area contributed by atoms with E-state index in [-0.39, 0.29) is 11.4 Å². The van der Waals surface area contributed by atoms with E-state index in [0.717, 1.165) is 24.2 Å². The molecular weight excluding hydrogens is 298 g/mol. The first-order valence-corrected chi connectivity index (χ1v) is 8.29. The number of nitrogens with one attached hydrogen (secondary N) is 2. The maximum Gasteiger partial charge on any atom is 0.321 e. The van der Waals surface area contributed by atoms with Gasteiger partial charge in [0.15, 0.2) is 5.13 Å². The van der Waals surface area contributed by atoms with E-state index in [9.17, 15) is 4.79 Å². The molecule has 2 aromatic heterocycles. The largest absolute Gasteiger partial charge is 0.332 e. The van der Waals surface area contributed by atoms with Crippen LogP contribution < -0.4 is 10.6 Å². The average Bonchev–Trinajstić information content (AvgIpc) is 3.03. The number of hydrogen-bond donors (Lipinski definition) is 2. The third-order valence-electron chi connectivity index (χ3n) is 3.96. The zero-order chi connectivity index (χ0) is 15.7. The molecule has 0 unspecified atom stereocenters.